The topological polar surface area (TPSA) is 45.2 Å². The van der Waals surface area contributed by atoms with Crippen LogP contribution in [-0.2, 0) is 0 Å². The molecule has 0 saturated heterocycles. The monoisotopic (exact) mass is 261 g/mol. The minimum Gasteiger partial charge on any atom is -0.331 e. The molecule has 0 spiro atoms. The number of urea groups is 1. The highest BCUT2D eigenvalue weighted by Gasteiger charge is 2.05. The van der Waals surface area contributed by atoms with Crippen LogP contribution >= 0.6 is 11.3 Å². The summed E-state index contributed by atoms with van der Waals surface area (Å²) in [7, 11) is 3.42. The van der Waals surface area contributed by atoms with Crippen molar-refractivity contribution in [2.75, 3.05) is 19.4 Å². The lowest BCUT2D eigenvalue weighted by atomic mass is 10.2. The first kappa shape index (κ1) is 12.6. The van der Waals surface area contributed by atoms with E-state index in [2.05, 4.69) is 10.3 Å². The van der Waals surface area contributed by atoms with Gasteiger partial charge in [-0.05, 0) is 31.2 Å². The average Bonchev–Trinajstić information content (AvgIpc) is 2.76. The third-order valence-corrected chi connectivity index (χ3v) is 3.42. The molecule has 1 N–H and O–H groups in total. The molecule has 2 rings (SSSR count). The third kappa shape index (κ3) is 2.87. The second-order valence-corrected chi connectivity index (χ2v) is 5.05. The molecule has 5 heteroatoms. The standard InChI is InChI=1S/C13H15N3OS/c1-9-8-18-12(14-9)10-4-6-11(7-5-10)15-13(17)16(2)3/h4-8H,1-3H3,(H,15,17). The molecule has 1 heterocycles. The van der Waals surface area contributed by atoms with Crippen LogP contribution in [0.2, 0.25) is 0 Å². The van der Waals surface area contributed by atoms with Crippen LogP contribution in [0.25, 0.3) is 10.6 Å². The molecule has 2 amide bonds. The second-order valence-electron chi connectivity index (χ2n) is 4.20. The smallest absolute Gasteiger partial charge is 0.321 e. The highest BCUT2D eigenvalue weighted by atomic mass is 32.1. The molecule has 0 radical (unpaired) electrons. The summed E-state index contributed by atoms with van der Waals surface area (Å²) in [4.78, 5) is 17.4. The lowest BCUT2D eigenvalue weighted by Gasteiger charge is -2.11. The predicted molar refractivity (Wildman–Crippen MR) is 75.0 cm³/mol. The SMILES string of the molecule is Cc1csc(-c2ccc(NC(=O)N(C)C)cc2)n1. The zero-order chi connectivity index (χ0) is 13.1. The van der Waals surface area contributed by atoms with E-state index < -0.39 is 0 Å². The molecule has 0 fully saturated rings. The van der Waals surface area contributed by atoms with Crippen molar-refractivity contribution in [3.05, 3.63) is 35.3 Å². The van der Waals surface area contributed by atoms with Crippen LogP contribution in [0.4, 0.5) is 10.5 Å². The zero-order valence-corrected chi connectivity index (χ0v) is 11.4. The molecule has 1 aromatic carbocycles. The molecule has 0 saturated carbocycles. The molecule has 4 nitrogen and oxygen atoms in total. The van der Waals surface area contributed by atoms with Gasteiger partial charge in [0.25, 0.3) is 0 Å². The van der Waals surface area contributed by atoms with E-state index >= 15 is 0 Å². The summed E-state index contributed by atoms with van der Waals surface area (Å²) in [5.74, 6) is 0. The van der Waals surface area contributed by atoms with Crippen molar-refractivity contribution in [3.63, 3.8) is 0 Å². The first-order valence-corrected chi connectivity index (χ1v) is 6.45. The van der Waals surface area contributed by atoms with E-state index in [1.54, 1.807) is 25.4 Å². The minimum absolute atomic E-state index is 0.132. The predicted octanol–water partition coefficient (Wildman–Crippen LogP) is 3.21. The lowest BCUT2D eigenvalue weighted by Crippen LogP contribution is -2.27. The summed E-state index contributed by atoms with van der Waals surface area (Å²) in [5.41, 5.74) is 2.88. The molecule has 1 aromatic heterocycles. The summed E-state index contributed by atoms with van der Waals surface area (Å²) in [6.07, 6.45) is 0. The Hall–Kier alpha value is -1.88. The Morgan fingerprint density at radius 1 is 1.28 bits per heavy atom. The van der Waals surface area contributed by atoms with Gasteiger partial charge in [0.05, 0.1) is 0 Å². The highest BCUT2D eigenvalue weighted by molar-refractivity contribution is 7.13. The Kier molecular flexibility index (Phi) is 3.62. The number of aromatic nitrogens is 1. The summed E-state index contributed by atoms with van der Waals surface area (Å²) < 4.78 is 0. The van der Waals surface area contributed by atoms with Crippen molar-refractivity contribution >= 4 is 23.1 Å². The fraction of sp³-hybridized carbons (Fsp3) is 0.231. The van der Waals surface area contributed by atoms with Crippen molar-refractivity contribution in [1.82, 2.24) is 9.88 Å². The van der Waals surface area contributed by atoms with Crippen LogP contribution < -0.4 is 5.32 Å². The number of hydrogen-bond acceptors (Lipinski definition) is 3. The van der Waals surface area contributed by atoms with Gasteiger partial charge in [-0.2, -0.15) is 0 Å². The fourth-order valence-corrected chi connectivity index (χ4v) is 2.22. The van der Waals surface area contributed by atoms with Gasteiger partial charge in [0.1, 0.15) is 5.01 Å². The fourth-order valence-electron chi connectivity index (χ4n) is 1.42. The van der Waals surface area contributed by atoms with Gasteiger partial charge in [0.15, 0.2) is 0 Å². The van der Waals surface area contributed by atoms with Crippen LogP contribution in [-0.4, -0.2) is 30.0 Å². The number of amides is 2. The Labute approximate surface area is 110 Å². The maximum atomic E-state index is 11.5. The van der Waals surface area contributed by atoms with Gasteiger partial charge in [-0.3, -0.25) is 0 Å². The molecule has 0 atom stereocenters. The van der Waals surface area contributed by atoms with Crippen molar-refractivity contribution in [2.45, 2.75) is 6.92 Å². The van der Waals surface area contributed by atoms with E-state index in [-0.39, 0.29) is 6.03 Å². The number of nitrogens with one attached hydrogen (secondary N) is 1. The lowest BCUT2D eigenvalue weighted by molar-refractivity contribution is 0.230. The van der Waals surface area contributed by atoms with Gasteiger partial charge in [-0.25, -0.2) is 9.78 Å². The number of hydrogen-bond donors (Lipinski definition) is 1. The molecule has 0 aliphatic heterocycles. The molecular weight excluding hydrogens is 246 g/mol. The number of carbonyl (C=O) groups is 1. The van der Waals surface area contributed by atoms with E-state index in [1.165, 1.54) is 4.90 Å². The molecular formula is C13H15N3OS. The normalized spacial score (nSPS) is 10.2. The van der Waals surface area contributed by atoms with Gasteiger partial charge in [0.2, 0.25) is 0 Å². The molecule has 2 aromatic rings. The maximum absolute atomic E-state index is 11.5. The summed E-state index contributed by atoms with van der Waals surface area (Å²) in [6.45, 7) is 1.98. The largest absolute Gasteiger partial charge is 0.331 e. The Balaban J connectivity index is 2.13. The summed E-state index contributed by atoms with van der Waals surface area (Å²) in [6, 6.07) is 7.56. The van der Waals surface area contributed by atoms with Gasteiger partial charge < -0.3 is 10.2 Å². The van der Waals surface area contributed by atoms with Gasteiger partial charge in [-0.15, -0.1) is 11.3 Å². The van der Waals surface area contributed by atoms with E-state index in [4.69, 9.17) is 0 Å². The van der Waals surface area contributed by atoms with Crippen molar-refractivity contribution in [2.24, 2.45) is 0 Å². The van der Waals surface area contributed by atoms with Crippen LogP contribution in [0.3, 0.4) is 0 Å². The first-order chi connectivity index (χ1) is 8.56. The van der Waals surface area contributed by atoms with E-state index in [1.807, 2.05) is 36.6 Å². The maximum Gasteiger partial charge on any atom is 0.321 e. The van der Waals surface area contributed by atoms with Crippen LogP contribution in [0.15, 0.2) is 29.6 Å². The molecule has 0 bridgehead atoms. The van der Waals surface area contributed by atoms with Crippen LogP contribution in [0.5, 0.6) is 0 Å². The van der Waals surface area contributed by atoms with E-state index in [0.717, 1.165) is 22.0 Å². The second kappa shape index (κ2) is 5.18. The average molecular weight is 261 g/mol. The third-order valence-electron chi connectivity index (χ3n) is 2.41. The van der Waals surface area contributed by atoms with Gasteiger partial charge in [-0.1, -0.05) is 0 Å². The number of nitrogens with zero attached hydrogens (tertiary/aromatic N) is 2. The molecule has 0 unspecified atom stereocenters. The van der Waals surface area contributed by atoms with Crippen molar-refractivity contribution in [1.29, 1.82) is 0 Å². The molecule has 94 valence electrons. The minimum atomic E-state index is -0.132. The zero-order valence-electron chi connectivity index (χ0n) is 10.6. The van der Waals surface area contributed by atoms with E-state index in [0.29, 0.717) is 0 Å². The molecule has 0 aliphatic rings. The first-order valence-electron chi connectivity index (χ1n) is 5.57. The Bertz CT molecular complexity index is 546. The summed E-state index contributed by atoms with van der Waals surface area (Å²) >= 11 is 1.62. The number of anilines is 1. The molecule has 0 aliphatic carbocycles. The molecule has 18 heavy (non-hydrogen) atoms. The summed E-state index contributed by atoms with van der Waals surface area (Å²) in [5, 5.41) is 5.82. The van der Waals surface area contributed by atoms with E-state index in [9.17, 15) is 4.79 Å². The number of aryl methyl sites for hydroxylation is 1. The van der Waals surface area contributed by atoms with Gasteiger partial charge in [0, 0.05) is 36.4 Å². The number of carbonyl (C=O) groups excluding carboxylic acids is 1. The Morgan fingerprint density at radius 3 is 2.44 bits per heavy atom. The van der Waals surface area contributed by atoms with Crippen LogP contribution in [0.1, 0.15) is 5.69 Å². The quantitative estimate of drug-likeness (QED) is 0.902. The van der Waals surface area contributed by atoms with Crippen molar-refractivity contribution in [3.8, 4) is 10.6 Å². The number of thiazole rings is 1. The van der Waals surface area contributed by atoms with Crippen LogP contribution in [0, 0.1) is 6.92 Å². The highest BCUT2D eigenvalue weighted by Crippen LogP contribution is 2.24. The number of benzene rings is 1. The number of rotatable bonds is 2. The van der Waals surface area contributed by atoms with Gasteiger partial charge >= 0.3 is 6.03 Å². The Morgan fingerprint density at radius 2 is 1.94 bits per heavy atom. The van der Waals surface area contributed by atoms with Crippen molar-refractivity contribution < 1.29 is 4.79 Å².